The molecule has 0 aliphatic carbocycles. The van der Waals surface area contributed by atoms with E-state index in [-0.39, 0.29) is 25.1 Å². The molecular formula is C28H39N5O4. The number of aliphatic hydroxyl groups is 1. The Morgan fingerprint density at radius 1 is 1.38 bits per heavy atom. The second-order valence-electron chi connectivity index (χ2n) is 9.33. The van der Waals surface area contributed by atoms with Crippen molar-refractivity contribution in [2.45, 2.75) is 52.3 Å². The summed E-state index contributed by atoms with van der Waals surface area (Å²) in [5.74, 6) is 1.87. The third-order valence-electron chi connectivity index (χ3n) is 6.58. The molecule has 2 atom stereocenters. The molecule has 3 N–H and O–H groups in total. The highest BCUT2D eigenvalue weighted by atomic mass is 16.5. The number of carbonyl (C=O) groups excluding carboxylic acids is 1. The lowest BCUT2D eigenvalue weighted by Gasteiger charge is -2.31. The fourth-order valence-electron chi connectivity index (χ4n) is 4.27. The highest BCUT2D eigenvalue weighted by Crippen LogP contribution is 2.29. The molecule has 200 valence electrons. The normalized spacial score (nSPS) is 15.3. The first kappa shape index (κ1) is 28.1. The fourth-order valence-corrected chi connectivity index (χ4v) is 4.27. The molecule has 9 heteroatoms. The van der Waals surface area contributed by atoms with Crippen molar-refractivity contribution < 1.29 is 19.4 Å². The maximum atomic E-state index is 12.6. The van der Waals surface area contributed by atoms with Crippen LogP contribution in [-0.2, 0) is 17.7 Å². The van der Waals surface area contributed by atoms with Gasteiger partial charge in [0.25, 0.3) is 5.91 Å². The van der Waals surface area contributed by atoms with Crippen LogP contribution in [0.25, 0.3) is 0 Å². The van der Waals surface area contributed by atoms with Crippen LogP contribution in [0.15, 0.2) is 47.4 Å². The van der Waals surface area contributed by atoms with Gasteiger partial charge in [0.15, 0.2) is 5.76 Å². The number of β-amino-alcohol motifs (C(OH)–C–C–N with tert-alkyl or cyclic N) is 1. The molecule has 0 saturated carbocycles. The van der Waals surface area contributed by atoms with E-state index in [1.165, 1.54) is 11.1 Å². The number of ether oxygens (including phenoxy) is 2. The number of rotatable bonds is 13. The van der Waals surface area contributed by atoms with E-state index in [2.05, 4.69) is 59.1 Å². The number of hydrogen-bond acceptors (Lipinski definition) is 8. The second-order valence-corrected chi connectivity index (χ2v) is 9.33. The van der Waals surface area contributed by atoms with Gasteiger partial charge in [0.1, 0.15) is 18.2 Å². The van der Waals surface area contributed by atoms with Crippen LogP contribution in [0.1, 0.15) is 47.3 Å². The van der Waals surface area contributed by atoms with Crippen molar-refractivity contribution in [1.82, 2.24) is 15.2 Å². The summed E-state index contributed by atoms with van der Waals surface area (Å²) in [4.78, 5) is 22.8. The Kier molecular flexibility index (Phi) is 10.5. The zero-order chi connectivity index (χ0) is 26.8. The largest absolute Gasteiger partial charge is 0.496 e. The number of methoxy groups -OCH3 is 1. The van der Waals surface area contributed by atoms with Crippen LogP contribution in [0.5, 0.6) is 5.75 Å². The number of aliphatic imine (C=N–C) groups is 1. The number of carbonyl (C=O) groups is 1. The zero-order valence-electron chi connectivity index (χ0n) is 22.3. The molecule has 0 bridgehead atoms. The lowest BCUT2D eigenvalue weighted by Crippen LogP contribution is -2.42. The van der Waals surface area contributed by atoms with Crippen LogP contribution in [0.4, 0.5) is 5.82 Å². The number of nitrogens with zero attached hydrogens (tertiary/aromatic N) is 3. The summed E-state index contributed by atoms with van der Waals surface area (Å²) in [5, 5.41) is 16.7. The maximum Gasteiger partial charge on any atom is 0.251 e. The number of fused-ring (bicyclic) bond motifs is 1. The van der Waals surface area contributed by atoms with Gasteiger partial charge in [-0.25, -0.2) is 4.98 Å². The Morgan fingerprint density at radius 3 is 2.92 bits per heavy atom. The minimum absolute atomic E-state index is 0.180. The Bertz CT molecular complexity index is 1100. The van der Waals surface area contributed by atoms with Crippen LogP contribution in [0.2, 0.25) is 0 Å². The average Bonchev–Trinajstić information content (AvgIpc) is 2.90. The molecule has 0 radical (unpaired) electrons. The van der Waals surface area contributed by atoms with E-state index in [9.17, 15) is 9.90 Å². The van der Waals surface area contributed by atoms with Crippen LogP contribution in [0, 0.1) is 6.92 Å². The first-order chi connectivity index (χ1) is 17.8. The standard InChI is InChI=1S/C28H39N5O4/c1-6-19(2)32-27-13-21(9-11-30-27)28(35)31-14-23(34)17-33-12-10-25-20(3)26(8-7-22(25)16-33)37-18-24(36-5)15-29-4/h7-9,11,13,15,19,23,34H,4,6,10,12,14,16-18H2,1-3,5H3,(H,30,32)(H,31,35)/b24-15-. The molecule has 1 aliphatic rings. The third kappa shape index (κ3) is 8.03. The number of aliphatic hydroxyl groups excluding tert-OH is 1. The van der Waals surface area contributed by atoms with Gasteiger partial charge in [-0.05, 0) is 68.3 Å². The van der Waals surface area contributed by atoms with Crippen molar-refractivity contribution in [3.63, 3.8) is 0 Å². The van der Waals surface area contributed by atoms with Crippen LogP contribution in [-0.4, -0.2) is 73.1 Å². The predicted octanol–water partition coefficient (Wildman–Crippen LogP) is 3.32. The highest BCUT2D eigenvalue weighted by Gasteiger charge is 2.22. The number of nitrogens with one attached hydrogen (secondary N) is 2. The van der Waals surface area contributed by atoms with Crippen molar-refractivity contribution in [3.05, 3.63) is 64.7 Å². The lowest BCUT2D eigenvalue weighted by atomic mass is 9.94. The Morgan fingerprint density at radius 2 is 2.19 bits per heavy atom. The highest BCUT2D eigenvalue weighted by molar-refractivity contribution is 5.94. The van der Waals surface area contributed by atoms with Gasteiger partial charge in [0, 0.05) is 44.0 Å². The van der Waals surface area contributed by atoms with E-state index in [0.29, 0.717) is 23.7 Å². The minimum atomic E-state index is -0.675. The van der Waals surface area contributed by atoms with Gasteiger partial charge in [-0.1, -0.05) is 13.0 Å². The minimum Gasteiger partial charge on any atom is -0.496 e. The first-order valence-electron chi connectivity index (χ1n) is 12.7. The molecule has 0 spiro atoms. The Labute approximate surface area is 219 Å². The number of aromatic nitrogens is 1. The van der Waals surface area contributed by atoms with E-state index in [0.717, 1.165) is 37.2 Å². The van der Waals surface area contributed by atoms with Crippen molar-refractivity contribution in [3.8, 4) is 5.75 Å². The van der Waals surface area contributed by atoms with E-state index < -0.39 is 6.10 Å². The molecule has 3 rings (SSSR count). The topological polar surface area (TPSA) is 108 Å². The molecule has 1 aliphatic heterocycles. The average molecular weight is 510 g/mol. The molecule has 2 heterocycles. The second kappa shape index (κ2) is 13.8. The molecule has 9 nitrogen and oxygen atoms in total. The summed E-state index contributed by atoms with van der Waals surface area (Å²) in [6, 6.07) is 7.73. The third-order valence-corrected chi connectivity index (χ3v) is 6.58. The van der Waals surface area contributed by atoms with E-state index in [4.69, 9.17) is 9.47 Å². The summed E-state index contributed by atoms with van der Waals surface area (Å²) >= 11 is 0. The van der Waals surface area contributed by atoms with Gasteiger partial charge >= 0.3 is 0 Å². The summed E-state index contributed by atoms with van der Waals surface area (Å²) in [6.07, 6.45) is 4.30. The predicted molar refractivity (Wildman–Crippen MR) is 146 cm³/mol. The summed E-state index contributed by atoms with van der Waals surface area (Å²) in [6.45, 7) is 12.2. The van der Waals surface area contributed by atoms with Gasteiger partial charge in [-0.2, -0.15) is 0 Å². The molecular weight excluding hydrogens is 470 g/mol. The monoisotopic (exact) mass is 509 g/mol. The van der Waals surface area contributed by atoms with E-state index in [1.807, 2.05) is 6.07 Å². The van der Waals surface area contributed by atoms with Crippen molar-refractivity contribution >= 4 is 18.4 Å². The molecule has 1 aromatic carbocycles. The number of anilines is 1. The van der Waals surface area contributed by atoms with E-state index in [1.54, 1.807) is 31.6 Å². The van der Waals surface area contributed by atoms with Gasteiger partial charge < -0.3 is 25.2 Å². The number of hydrogen-bond donors (Lipinski definition) is 3. The Hall–Kier alpha value is -3.43. The molecule has 2 aromatic rings. The van der Waals surface area contributed by atoms with Gasteiger partial charge in [0.2, 0.25) is 0 Å². The van der Waals surface area contributed by atoms with Crippen molar-refractivity contribution in [1.29, 1.82) is 0 Å². The van der Waals surface area contributed by atoms with E-state index >= 15 is 0 Å². The van der Waals surface area contributed by atoms with Gasteiger partial charge in [-0.3, -0.25) is 14.7 Å². The molecule has 0 fully saturated rings. The number of amides is 1. The SMILES string of the molecule is C=N/C=C(/COc1ccc2c(c1C)CCN(CC(O)CNC(=O)c1ccnc(NC(C)CC)c1)C2)OC. The number of pyridine rings is 1. The maximum absolute atomic E-state index is 12.6. The lowest BCUT2D eigenvalue weighted by molar-refractivity contribution is 0.0841. The Balaban J connectivity index is 1.51. The van der Waals surface area contributed by atoms with Gasteiger partial charge in [0.05, 0.1) is 19.4 Å². The molecule has 0 saturated heterocycles. The van der Waals surface area contributed by atoms with Gasteiger partial charge in [-0.15, -0.1) is 0 Å². The fraction of sp³-hybridized carbons (Fsp3) is 0.464. The van der Waals surface area contributed by atoms with Crippen LogP contribution < -0.4 is 15.4 Å². The first-order valence-corrected chi connectivity index (χ1v) is 12.7. The van der Waals surface area contributed by atoms with Crippen LogP contribution >= 0.6 is 0 Å². The molecule has 2 unspecified atom stereocenters. The zero-order valence-corrected chi connectivity index (χ0v) is 22.3. The summed E-state index contributed by atoms with van der Waals surface area (Å²) < 4.78 is 11.2. The van der Waals surface area contributed by atoms with Crippen LogP contribution in [0.3, 0.4) is 0 Å². The molecule has 37 heavy (non-hydrogen) atoms. The quantitative estimate of drug-likeness (QED) is 0.281. The molecule has 1 amide bonds. The van der Waals surface area contributed by atoms with Crippen molar-refractivity contribution in [2.24, 2.45) is 4.99 Å². The number of benzene rings is 1. The van der Waals surface area contributed by atoms with Crippen molar-refractivity contribution in [2.75, 3.05) is 38.7 Å². The summed E-state index contributed by atoms with van der Waals surface area (Å²) in [7, 11) is 1.58. The molecule has 1 aromatic heterocycles. The smallest absolute Gasteiger partial charge is 0.251 e. The summed E-state index contributed by atoms with van der Waals surface area (Å²) in [5.41, 5.74) is 4.13.